The van der Waals surface area contributed by atoms with E-state index in [1.54, 1.807) is 7.11 Å². The van der Waals surface area contributed by atoms with Crippen molar-refractivity contribution < 1.29 is 4.74 Å². The number of methoxy groups -OCH3 is 1. The molecule has 1 aliphatic rings. The van der Waals surface area contributed by atoms with Gasteiger partial charge in [-0.25, -0.2) is 0 Å². The number of hydrogen-bond acceptors (Lipinski definition) is 4. The summed E-state index contributed by atoms with van der Waals surface area (Å²) in [5, 5.41) is 4.95. The van der Waals surface area contributed by atoms with Gasteiger partial charge >= 0.3 is 0 Å². The van der Waals surface area contributed by atoms with Crippen LogP contribution >= 0.6 is 0 Å². The first-order valence-electron chi connectivity index (χ1n) is 9.63. The molecule has 0 atom stereocenters. The van der Waals surface area contributed by atoms with E-state index in [0.717, 1.165) is 44.9 Å². The third kappa shape index (κ3) is 3.32. The molecule has 1 aromatic heterocycles. The average Bonchev–Trinajstić information content (AvgIpc) is 2.92. The minimum Gasteiger partial charge on any atom is -0.383 e. The Kier molecular flexibility index (Phi) is 5.56. The van der Waals surface area contributed by atoms with E-state index in [1.807, 2.05) is 0 Å². The summed E-state index contributed by atoms with van der Waals surface area (Å²) in [6, 6.07) is 4.55. The highest BCUT2D eigenvalue weighted by molar-refractivity contribution is 5.74. The normalized spacial score (nSPS) is 13.8. The number of likely N-dealkylation sites (N-methyl/N-ethyl adjacent to an activating group) is 1. The lowest BCUT2D eigenvalue weighted by Crippen LogP contribution is -2.30. The van der Waals surface area contributed by atoms with Crippen molar-refractivity contribution >= 4 is 17.3 Å². The number of rotatable bonds is 6. The van der Waals surface area contributed by atoms with Gasteiger partial charge in [-0.1, -0.05) is 17.7 Å². The van der Waals surface area contributed by atoms with Crippen LogP contribution in [-0.2, 0) is 18.2 Å². The molecular weight excluding hydrogens is 324 g/mol. The molecule has 0 spiro atoms. The van der Waals surface area contributed by atoms with E-state index in [4.69, 9.17) is 9.84 Å². The van der Waals surface area contributed by atoms with Gasteiger partial charge in [0.05, 0.1) is 6.61 Å². The Labute approximate surface area is 157 Å². The van der Waals surface area contributed by atoms with Gasteiger partial charge in [-0.3, -0.25) is 4.68 Å². The first-order chi connectivity index (χ1) is 12.5. The maximum atomic E-state index is 5.31. The molecule has 26 heavy (non-hydrogen) atoms. The molecule has 0 bridgehead atoms. The van der Waals surface area contributed by atoms with Crippen molar-refractivity contribution in [2.75, 3.05) is 43.2 Å². The molecule has 0 saturated carbocycles. The summed E-state index contributed by atoms with van der Waals surface area (Å²) in [6.45, 7) is 12.4. The molecule has 142 valence electrons. The van der Waals surface area contributed by atoms with Crippen LogP contribution in [0.5, 0.6) is 0 Å². The van der Waals surface area contributed by atoms with Gasteiger partial charge in [0.25, 0.3) is 0 Å². The molecule has 2 aromatic rings. The molecule has 0 fully saturated rings. The molecule has 5 heteroatoms. The summed E-state index contributed by atoms with van der Waals surface area (Å²) in [7, 11) is 3.83. The van der Waals surface area contributed by atoms with E-state index < -0.39 is 0 Å². The van der Waals surface area contributed by atoms with Crippen LogP contribution in [0.1, 0.15) is 35.6 Å². The molecule has 0 amide bonds. The van der Waals surface area contributed by atoms with Crippen LogP contribution < -0.4 is 9.80 Å². The number of hydrogen-bond donors (Lipinski definition) is 0. The smallest absolute Gasteiger partial charge is 0.160 e. The quantitative estimate of drug-likeness (QED) is 0.786. The van der Waals surface area contributed by atoms with E-state index in [-0.39, 0.29) is 0 Å². The number of aromatic nitrogens is 2. The predicted octanol–water partition coefficient (Wildman–Crippen LogP) is 3.90. The number of benzene rings is 1. The molecule has 5 nitrogen and oxygen atoms in total. The largest absolute Gasteiger partial charge is 0.383 e. The van der Waals surface area contributed by atoms with Crippen LogP contribution in [0.2, 0.25) is 0 Å². The number of nitrogens with zero attached hydrogens (tertiary/aromatic N) is 4. The molecule has 3 rings (SSSR count). The lowest BCUT2D eigenvalue weighted by Gasteiger charge is -2.32. The van der Waals surface area contributed by atoms with E-state index >= 15 is 0 Å². The summed E-state index contributed by atoms with van der Waals surface area (Å²) in [4.78, 5) is 4.81. The summed E-state index contributed by atoms with van der Waals surface area (Å²) < 4.78 is 7.36. The van der Waals surface area contributed by atoms with Gasteiger partial charge in [0, 0.05) is 45.0 Å². The van der Waals surface area contributed by atoms with Gasteiger partial charge in [-0.15, -0.1) is 0 Å². The molecule has 1 aliphatic heterocycles. The van der Waals surface area contributed by atoms with Crippen molar-refractivity contribution in [2.24, 2.45) is 7.05 Å². The fourth-order valence-corrected chi connectivity index (χ4v) is 4.33. The van der Waals surface area contributed by atoms with Crippen LogP contribution in [0.25, 0.3) is 0 Å². The summed E-state index contributed by atoms with van der Waals surface area (Å²) in [6.07, 6.45) is 2.24. The molecule has 0 radical (unpaired) electrons. The number of ether oxygens (including phenoxy) is 1. The summed E-state index contributed by atoms with van der Waals surface area (Å²) in [5.74, 6) is 2.37. The second-order valence-corrected chi connectivity index (χ2v) is 7.32. The van der Waals surface area contributed by atoms with Crippen LogP contribution in [0, 0.1) is 20.8 Å². The number of aryl methyl sites for hydroxylation is 4. The highest BCUT2D eigenvalue weighted by Gasteiger charge is 2.29. The fourth-order valence-electron chi connectivity index (χ4n) is 4.33. The standard InChI is InChI=1S/C21H32N4O/c1-7-24(11-12-26-6)21-18-9-8-10-25(20(18)22-23(21)5)19-16(3)13-15(2)14-17(19)4/h13-14H,7-12H2,1-6H3. The van der Waals surface area contributed by atoms with Gasteiger partial charge in [0.1, 0.15) is 5.82 Å². The third-order valence-electron chi connectivity index (χ3n) is 5.31. The van der Waals surface area contributed by atoms with Crippen molar-refractivity contribution in [1.29, 1.82) is 0 Å². The van der Waals surface area contributed by atoms with E-state index in [9.17, 15) is 0 Å². The summed E-state index contributed by atoms with van der Waals surface area (Å²) in [5.41, 5.74) is 6.67. The van der Waals surface area contributed by atoms with Crippen LogP contribution in [0.15, 0.2) is 12.1 Å². The molecule has 2 heterocycles. The molecule has 1 aromatic carbocycles. The van der Waals surface area contributed by atoms with Crippen LogP contribution in [0.3, 0.4) is 0 Å². The van der Waals surface area contributed by atoms with Crippen molar-refractivity contribution in [3.63, 3.8) is 0 Å². The Hall–Kier alpha value is -2.01. The molecule has 0 saturated heterocycles. The van der Waals surface area contributed by atoms with E-state index in [0.29, 0.717) is 0 Å². The second-order valence-electron chi connectivity index (χ2n) is 7.32. The number of anilines is 3. The van der Waals surface area contributed by atoms with Crippen molar-refractivity contribution in [1.82, 2.24) is 9.78 Å². The topological polar surface area (TPSA) is 33.5 Å². The van der Waals surface area contributed by atoms with Gasteiger partial charge in [0.2, 0.25) is 0 Å². The van der Waals surface area contributed by atoms with Crippen LogP contribution in [-0.4, -0.2) is 43.1 Å². The van der Waals surface area contributed by atoms with Gasteiger partial charge in [0.15, 0.2) is 5.82 Å². The zero-order valence-corrected chi connectivity index (χ0v) is 17.1. The maximum Gasteiger partial charge on any atom is 0.160 e. The summed E-state index contributed by atoms with van der Waals surface area (Å²) >= 11 is 0. The first kappa shape index (κ1) is 18.8. The fraction of sp³-hybridized carbons (Fsp3) is 0.571. The second kappa shape index (κ2) is 7.70. The Morgan fingerprint density at radius 1 is 1.19 bits per heavy atom. The van der Waals surface area contributed by atoms with E-state index in [1.165, 1.54) is 33.8 Å². The minimum atomic E-state index is 0.730. The van der Waals surface area contributed by atoms with Crippen molar-refractivity contribution in [3.8, 4) is 0 Å². The number of fused-ring (bicyclic) bond motifs is 1. The molecule has 0 aliphatic carbocycles. The zero-order valence-electron chi connectivity index (χ0n) is 17.1. The first-order valence-corrected chi connectivity index (χ1v) is 9.63. The molecular formula is C21H32N4O. The third-order valence-corrected chi connectivity index (χ3v) is 5.31. The SMILES string of the molecule is CCN(CCOC)c1c2c(nn1C)N(c1c(C)cc(C)cc1C)CCC2. The van der Waals surface area contributed by atoms with Gasteiger partial charge in [-0.05, 0) is 51.7 Å². The zero-order chi connectivity index (χ0) is 18.8. The Balaban J connectivity index is 2.06. The van der Waals surface area contributed by atoms with Crippen LogP contribution in [0.4, 0.5) is 17.3 Å². The minimum absolute atomic E-state index is 0.730. The van der Waals surface area contributed by atoms with Crippen molar-refractivity contribution in [3.05, 3.63) is 34.4 Å². The Bertz CT molecular complexity index is 758. The lowest BCUT2D eigenvalue weighted by molar-refractivity contribution is 0.205. The Morgan fingerprint density at radius 2 is 1.88 bits per heavy atom. The Morgan fingerprint density at radius 3 is 2.50 bits per heavy atom. The van der Waals surface area contributed by atoms with Crippen molar-refractivity contribution in [2.45, 2.75) is 40.5 Å². The highest BCUT2D eigenvalue weighted by Crippen LogP contribution is 2.40. The van der Waals surface area contributed by atoms with E-state index in [2.05, 4.69) is 61.4 Å². The van der Waals surface area contributed by atoms with Gasteiger partial charge in [-0.2, -0.15) is 5.10 Å². The van der Waals surface area contributed by atoms with Gasteiger partial charge < -0.3 is 14.5 Å². The molecule has 0 N–H and O–H groups in total. The highest BCUT2D eigenvalue weighted by atomic mass is 16.5. The lowest BCUT2D eigenvalue weighted by atomic mass is 10.0. The average molecular weight is 357 g/mol. The maximum absolute atomic E-state index is 5.31. The monoisotopic (exact) mass is 356 g/mol. The predicted molar refractivity (Wildman–Crippen MR) is 109 cm³/mol. The molecule has 0 unspecified atom stereocenters.